The Morgan fingerprint density at radius 3 is 2.50 bits per heavy atom. The van der Waals surface area contributed by atoms with E-state index in [1.807, 2.05) is 24.4 Å². The minimum Gasteiger partial charge on any atom is -0.365 e. The molecule has 2 heterocycles. The lowest BCUT2D eigenvalue weighted by atomic mass is 9.88. The second kappa shape index (κ2) is 5.29. The Bertz CT molecular complexity index is 511. The van der Waals surface area contributed by atoms with Gasteiger partial charge in [-0.25, -0.2) is 4.98 Å². The molecule has 0 amide bonds. The fourth-order valence-corrected chi connectivity index (χ4v) is 2.59. The van der Waals surface area contributed by atoms with Crippen LogP contribution in [0, 0.1) is 0 Å². The van der Waals surface area contributed by atoms with Gasteiger partial charge in [-0.1, -0.05) is 38.4 Å². The maximum absolute atomic E-state index is 5.89. The van der Waals surface area contributed by atoms with Crippen LogP contribution in [0.5, 0.6) is 0 Å². The van der Waals surface area contributed by atoms with Crippen molar-refractivity contribution in [2.24, 2.45) is 0 Å². The van der Waals surface area contributed by atoms with Gasteiger partial charge in [0, 0.05) is 11.1 Å². The van der Waals surface area contributed by atoms with Crippen molar-refractivity contribution in [1.29, 1.82) is 0 Å². The number of hydrogen-bond acceptors (Lipinski definition) is 3. The highest BCUT2D eigenvalue weighted by Crippen LogP contribution is 2.23. The molecule has 2 rings (SSSR count). The zero-order valence-corrected chi connectivity index (χ0v) is 12.4. The molecule has 0 atom stereocenters. The Labute approximate surface area is 117 Å². The third-order valence-corrected chi connectivity index (χ3v) is 3.93. The third kappa shape index (κ3) is 3.47. The Morgan fingerprint density at radius 1 is 1.22 bits per heavy atom. The van der Waals surface area contributed by atoms with Gasteiger partial charge in [-0.15, -0.1) is 11.3 Å². The summed E-state index contributed by atoms with van der Waals surface area (Å²) < 4.78 is 0.822. The van der Waals surface area contributed by atoms with E-state index < -0.39 is 0 Å². The van der Waals surface area contributed by atoms with E-state index >= 15 is 0 Å². The van der Waals surface area contributed by atoms with Crippen molar-refractivity contribution in [2.75, 3.05) is 5.32 Å². The van der Waals surface area contributed by atoms with Gasteiger partial charge >= 0.3 is 0 Å². The summed E-state index contributed by atoms with van der Waals surface area (Å²) in [6.07, 6.45) is 1.93. The minimum absolute atomic E-state index is 0.146. The molecule has 2 nitrogen and oxygen atoms in total. The van der Waals surface area contributed by atoms with Gasteiger partial charge in [0.15, 0.2) is 0 Å². The minimum atomic E-state index is 0.146. The second-order valence-corrected chi connectivity index (χ2v) is 7.04. The Hall–Kier alpha value is -1.06. The third-order valence-electron chi connectivity index (χ3n) is 2.70. The van der Waals surface area contributed by atoms with E-state index in [-0.39, 0.29) is 5.41 Å². The SMILES string of the molecule is CC(C)(C)c1ccc(NCc2ccc(Cl)s2)nc1. The topological polar surface area (TPSA) is 24.9 Å². The molecule has 1 N–H and O–H groups in total. The molecule has 0 unspecified atom stereocenters. The van der Waals surface area contributed by atoms with Crippen LogP contribution in [-0.2, 0) is 12.0 Å². The molecule has 96 valence electrons. The van der Waals surface area contributed by atoms with E-state index in [9.17, 15) is 0 Å². The number of nitrogens with one attached hydrogen (secondary N) is 1. The fraction of sp³-hybridized carbons (Fsp3) is 0.357. The van der Waals surface area contributed by atoms with Gasteiger partial charge in [-0.2, -0.15) is 0 Å². The van der Waals surface area contributed by atoms with E-state index in [1.54, 1.807) is 11.3 Å². The maximum Gasteiger partial charge on any atom is 0.126 e. The van der Waals surface area contributed by atoms with E-state index in [1.165, 1.54) is 10.4 Å². The van der Waals surface area contributed by atoms with Crippen molar-refractivity contribution in [2.45, 2.75) is 32.7 Å². The number of anilines is 1. The zero-order valence-electron chi connectivity index (χ0n) is 10.8. The van der Waals surface area contributed by atoms with Crippen LogP contribution in [0.2, 0.25) is 4.34 Å². The molecule has 2 aromatic heterocycles. The molecular formula is C14H17ClN2S. The summed E-state index contributed by atoms with van der Waals surface area (Å²) >= 11 is 7.48. The van der Waals surface area contributed by atoms with Crippen LogP contribution in [0.4, 0.5) is 5.82 Å². The summed E-state index contributed by atoms with van der Waals surface area (Å²) in [7, 11) is 0. The van der Waals surface area contributed by atoms with Crippen LogP contribution < -0.4 is 5.32 Å². The lowest BCUT2D eigenvalue weighted by Gasteiger charge is -2.18. The molecular weight excluding hydrogens is 264 g/mol. The van der Waals surface area contributed by atoms with Gasteiger partial charge in [-0.05, 0) is 29.2 Å². The molecule has 0 fully saturated rings. The Balaban J connectivity index is 1.98. The van der Waals surface area contributed by atoms with E-state index in [0.717, 1.165) is 16.7 Å². The first-order valence-corrected chi connectivity index (χ1v) is 7.09. The summed E-state index contributed by atoms with van der Waals surface area (Å²) in [6, 6.07) is 8.09. The number of rotatable bonds is 3. The average Bonchev–Trinajstić information content (AvgIpc) is 2.72. The normalized spacial score (nSPS) is 11.6. The Kier molecular flexibility index (Phi) is 3.93. The van der Waals surface area contributed by atoms with Gasteiger partial charge in [0.2, 0.25) is 0 Å². The van der Waals surface area contributed by atoms with E-state index in [2.05, 4.69) is 37.1 Å². The molecule has 2 aromatic rings. The molecule has 0 aromatic carbocycles. The standard InChI is InChI=1S/C14H17ClN2S/c1-14(2,3)10-4-7-13(16-8-10)17-9-11-5-6-12(15)18-11/h4-8H,9H2,1-3H3,(H,16,17). The fourth-order valence-electron chi connectivity index (χ4n) is 1.57. The van der Waals surface area contributed by atoms with E-state index in [0.29, 0.717) is 0 Å². The highest BCUT2D eigenvalue weighted by molar-refractivity contribution is 7.16. The average molecular weight is 281 g/mol. The molecule has 0 radical (unpaired) electrons. The predicted molar refractivity (Wildman–Crippen MR) is 79.6 cm³/mol. The molecule has 0 aliphatic carbocycles. The number of aromatic nitrogens is 1. The van der Waals surface area contributed by atoms with Crippen molar-refractivity contribution in [1.82, 2.24) is 4.98 Å². The number of thiophene rings is 1. The van der Waals surface area contributed by atoms with Crippen molar-refractivity contribution in [3.63, 3.8) is 0 Å². The number of pyridine rings is 1. The molecule has 0 bridgehead atoms. The monoisotopic (exact) mass is 280 g/mol. The number of hydrogen-bond donors (Lipinski definition) is 1. The lowest BCUT2D eigenvalue weighted by Crippen LogP contribution is -2.11. The highest BCUT2D eigenvalue weighted by Gasteiger charge is 2.13. The van der Waals surface area contributed by atoms with Crippen LogP contribution in [0.25, 0.3) is 0 Å². The van der Waals surface area contributed by atoms with Gasteiger partial charge in [0.1, 0.15) is 5.82 Å². The lowest BCUT2D eigenvalue weighted by molar-refractivity contribution is 0.587. The first-order valence-electron chi connectivity index (χ1n) is 5.90. The predicted octanol–water partition coefficient (Wildman–Crippen LogP) is 4.71. The van der Waals surface area contributed by atoms with Gasteiger partial charge in [0.25, 0.3) is 0 Å². The summed E-state index contributed by atoms with van der Waals surface area (Å²) in [6.45, 7) is 7.32. The first kappa shape index (κ1) is 13.4. The van der Waals surface area contributed by atoms with Gasteiger partial charge < -0.3 is 5.32 Å². The summed E-state index contributed by atoms with van der Waals surface area (Å²) in [5.74, 6) is 0.896. The maximum atomic E-state index is 5.89. The quantitative estimate of drug-likeness (QED) is 0.881. The summed E-state index contributed by atoms with van der Waals surface area (Å²) in [4.78, 5) is 5.64. The second-order valence-electron chi connectivity index (χ2n) is 5.24. The van der Waals surface area contributed by atoms with Crippen LogP contribution in [0.1, 0.15) is 31.2 Å². The molecule has 0 aliphatic heterocycles. The van der Waals surface area contributed by atoms with Crippen LogP contribution in [0.3, 0.4) is 0 Å². The van der Waals surface area contributed by atoms with Crippen LogP contribution in [0.15, 0.2) is 30.5 Å². The van der Waals surface area contributed by atoms with Crippen LogP contribution >= 0.6 is 22.9 Å². The molecule has 0 saturated heterocycles. The number of nitrogens with zero attached hydrogens (tertiary/aromatic N) is 1. The highest BCUT2D eigenvalue weighted by atomic mass is 35.5. The largest absolute Gasteiger partial charge is 0.365 e. The van der Waals surface area contributed by atoms with Crippen molar-refractivity contribution < 1.29 is 0 Å². The molecule has 0 aliphatic rings. The van der Waals surface area contributed by atoms with Crippen molar-refractivity contribution >= 4 is 28.8 Å². The van der Waals surface area contributed by atoms with Crippen molar-refractivity contribution in [3.8, 4) is 0 Å². The van der Waals surface area contributed by atoms with Crippen LogP contribution in [-0.4, -0.2) is 4.98 Å². The molecule has 0 spiro atoms. The Morgan fingerprint density at radius 2 is 2.00 bits per heavy atom. The summed E-state index contributed by atoms with van der Waals surface area (Å²) in [5, 5.41) is 3.29. The first-order chi connectivity index (χ1) is 8.45. The van der Waals surface area contributed by atoms with E-state index in [4.69, 9.17) is 11.6 Å². The number of halogens is 1. The smallest absolute Gasteiger partial charge is 0.126 e. The zero-order chi connectivity index (χ0) is 13.2. The molecule has 18 heavy (non-hydrogen) atoms. The van der Waals surface area contributed by atoms with Crippen molar-refractivity contribution in [3.05, 3.63) is 45.2 Å². The summed E-state index contributed by atoms with van der Waals surface area (Å²) in [5.41, 5.74) is 1.39. The molecule has 4 heteroatoms. The van der Waals surface area contributed by atoms with Gasteiger partial charge in [0.05, 0.1) is 10.9 Å². The molecule has 0 saturated carbocycles. The van der Waals surface area contributed by atoms with Gasteiger partial charge in [-0.3, -0.25) is 0 Å².